The van der Waals surface area contributed by atoms with E-state index in [1.807, 2.05) is 45.2 Å². The number of phenolic OH excluding ortho intramolecular Hbond substituents is 2. The minimum atomic E-state index is -0.341. The Morgan fingerprint density at radius 3 is 1.92 bits per heavy atom. The second-order valence-corrected chi connectivity index (χ2v) is 4.79. The van der Waals surface area contributed by atoms with Gasteiger partial charge in [0.1, 0.15) is 17.1 Å². The van der Waals surface area contributed by atoms with Gasteiger partial charge in [-0.2, -0.15) is 0 Å². The Hall–Kier alpha value is -0.0500. The first-order chi connectivity index (χ1) is 5.95. The largest absolute Gasteiger partial charge is 0.506 e. The molecule has 70 valence electrons. The Kier molecular flexibility index (Phi) is 3.38. The molecule has 3 nitrogen and oxygen atoms in total. The van der Waals surface area contributed by atoms with Crippen molar-refractivity contribution in [2.24, 2.45) is 0 Å². The minimum absolute atomic E-state index is 0.00343. The molecule has 0 fully saturated rings. The maximum absolute atomic E-state index is 11.1. The number of hydrogen-bond acceptors (Lipinski definition) is 3. The van der Waals surface area contributed by atoms with E-state index >= 15 is 0 Å². The van der Waals surface area contributed by atoms with Crippen LogP contribution in [0.5, 0.6) is 11.5 Å². The van der Waals surface area contributed by atoms with Crippen molar-refractivity contribution in [1.29, 1.82) is 0 Å². The first-order valence-electron chi connectivity index (χ1n) is 3.36. The van der Waals surface area contributed by atoms with Gasteiger partial charge < -0.3 is 10.2 Å². The lowest BCUT2D eigenvalue weighted by atomic mass is 10.1. The molecule has 0 aliphatic heterocycles. The lowest BCUT2D eigenvalue weighted by Crippen LogP contribution is -1.97. The number of benzene rings is 1. The van der Waals surface area contributed by atoms with Crippen LogP contribution in [0.3, 0.4) is 0 Å². The van der Waals surface area contributed by atoms with E-state index in [0.717, 1.165) is 0 Å². The number of halogens is 2. The summed E-state index contributed by atoms with van der Waals surface area (Å²) in [5.41, 5.74) is -0.00343. The van der Waals surface area contributed by atoms with Gasteiger partial charge in [0.25, 0.3) is 0 Å². The number of carbonyl (C=O) groups excluding carboxylic acids is 1. The normalized spacial score (nSPS) is 10.1. The lowest BCUT2D eigenvalue weighted by Gasteiger charge is -2.07. The molecule has 13 heavy (non-hydrogen) atoms. The number of rotatable bonds is 1. The predicted octanol–water partition coefficient (Wildman–Crippen LogP) is 2.51. The molecule has 0 atom stereocenters. The van der Waals surface area contributed by atoms with E-state index in [2.05, 4.69) is 0 Å². The number of aromatic hydroxyl groups is 2. The van der Waals surface area contributed by atoms with Gasteiger partial charge in [0.15, 0.2) is 5.78 Å². The van der Waals surface area contributed by atoms with E-state index in [0.29, 0.717) is 7.14 Å². The molecule has 0 saturated heterocycles. The van der Waals surface area contributed by atoms with Crippen molar-refractivity contribution in [3.05, 3.63) is 18.8 Å². The molecule has 0 aromatic heterocycles. The molecule has 0 radical (unpaired) electrons. The fourth-order valence-corrected chi connectivity index (χ4v) is 2.69. The number of ketones is 1. The van der Waals surface area contributed by atoms with Crippen LogP contribution in [0.15, 0.2) is 6.07 Å². The van der Waals surface area contributed by atoms with Gasteiger partial charge in [-0.15, -0.1) is 0 Å². The van der Waals surface area contributed by atoms with Gasteiger partial charge in [-0.3, -0.25) is 4.79 Å². The van der Waals surface area contributed by atoms with Gasteiger partial charge in [-0.1, -0.05) is 0 Å². The van der Waals surface area contributed by atoms with E-state index in [1.165, 1.54) is 6.92 Å². The van der Waals surface area contributed by atoms with Crippen LogP contribution in [-0.4, -0.2) is 16.0 Å². The van der Waals surface area contributed by atoms with Gasteiger partial charge >= 0.3 is 0 Å². The smallest absolute Gasteiger partial charge is 0.167 e. The molecular formula is C8H6I2O3. The van der Waals surface area contributed by atoms with Gasteiger partial charge in [0.2, 0.25) is 0 Å². The summed E-state index contributed by atoms with van der Waals surface area (Å²) < 4.78 is 1.12. The molecule has 0 amide bonds. The third kappa shape index (κ3) is 2.06. The second kappa shape index (κ2) is 3.99. The molecule has 0 saturated carbocycles. The Morgan fingerprint density at radius 2 is 1.62 bits per heavy atom. The first-order valence-corrected chi connectivity index (χ1v) is 5.51. The van der Waals surface area contributed by atoms with Crippen LogP contribution in [-0.2, 0) is 0 Å². The van der Waals surface area contributed by atoms with Crippen molar-refractivity contribution in [1.82, 2.24) is 0 Å². The van der Waals surface area contributed by atoms with Gasteiger partial charge in [-0.25, -0.2) is 0 Å². The van der Waals surface area contributed by atoms with Gasteiger partial charge in [-0.05, 0) is 58.2 Å². The maximum atomic E-state index is 11.1. The van der Waals surface area contributed by atoms with Crippen molar-refractivity contribution in [2.75, 3.05) is 0 Å². The Morgan fingerprint density at radius 1 is 1.23 bits per heavy atom. The summed E-state index contributed by atoms with van der Waals surface area (Å²) in [6.07, 6.45) is 0. The van der Waals surface area contributed by atoms with E-state index in [4.69, 9.17) is 0 Å². The molecule has 0 heterocycles. The van der Waals surface area contributed by atoms with Gasteiger partial charge in [0.05, 0.1) is 7.14 Å². The molecule has 1 aromatic rings. The summed E-state index contributed by atoms with van der Waals surface area (Å²) in [5.74, 6) is -0.636. The molecule has 0 spiro atoms. The quantitative estimate of drug-likeness (QED) is 0.559. The Balaban J connectivity index is 3.56. The third-order valence-corrected chi connectivity index (χ3v) is 3.18. The van der Waals surface area contributed by atoms with Crippen LogP contribution in [0.4, 0.5) is 0 Å². The fraction of sp³-hybridized carbons (Fsp3) is 0.125. The zero-order valence-electron chi connectivity index (χ0n) is 6.64. The molecule has 0 aliphatic carbocycles. The Bertz CT molecular complexity index is 348. The highest BCUT2D eigenvalue weighted by molar-refractivity contribution is 14.1. The molecule has 2 N–H and O–H groups in total. The SMILES string of the molecule is CC(=O)c1c(O)c(I)cc(I)c1O. The third-order valence-electron chi connectivity index (χ3n) is 1.53. The molecule has 1 rings (SSSR count). The number of hydrogen-bond donors (Lipinski definition) is 2. The summed E-state index contributed by atoms with van der Waals surface area (Å²) in [4.78, 5) is 11.1. The molecule has 0 bridgehead atoms. The van der Waals surface area contributed by atoms with E-state index in [1.54, 1.807) is 6.07 Å². The number of phenols is 2. The average Bonchev–Trinajstić information content (AvgIpc) is 2.01. The standard InChI is InChI=1S/C8H6I2O3/c1-3(11)6-7(12)4(9)2-5(10)8(6)13/h2,12-13H,1H3. The first kappa shape index (κ1) is 11.0. The van der Waals surface area contributed by atoms with Crippen LogP contribution in [0.25, 0.3) is 0 Å². The summed E-state index contributed by atoms with van der Waals surface area (Å²) in [5, 5.41) is 19.0. The second-order valence-electron chi connectivity index (χ2n) is 2.47. The highest BCUT2D eigenvalue weighted by Crippen LogP contribution is 2.35. The van der Waals surface area contributed by atoms with E-state index < -0.39 is 0 Å². The topological polar surface area (TPSA) is 57.5 Å². The molecule has 0 aliphatic rings. The zero-order chi connectivity index (χ0) is 10.2. The lowest BCUT2D eigenvalue weighted by molar-refractivity contribution is 0.101. The van der Waals surface area contributed by atoms with Crippen molar-refractivity contribution in [2.45, 2.75) is 6.92 Å². The van der Waals surface area contributed by atoms with Gasteiger partial charge in [0, 0.05) is 0 Å². The number of Topliss-reactive ketones (excluding diaryl/α,β-unsaturated/α-hetero) is 1. The fourth-order valence-electron chi connectivity index (χ4n) is 0.932. The van der Waals surface area contributed by atoms with Crippen LogP contribution in [0, 0.1) is 7.14 Å². The maximum Gasteiger partial charge on any atom is 0.167 e. The molecular weight excluding hydrogens is 398 g/mol. The minimum Gasteiger partial charge on any atom is -0.506 e. The van der Waals surface area contributed by atoms with Crippen LogP contribution in [0.2, 0.25) is 0 Å². The summed E-state index contributed by atoms with van der Waals surface area (Å²) >= 11 is 3.81. The van der Waals surface area contributed by atoms with Crippen molar-refractivity contribution in [3.8, 4) is 11.5 Å². The summed E-state index contributed by atoms with van der Waals surface area (Å²) in [6, 6.07) is 1.61. The van der Waals surface area contributed by atoms with Crippen LogP contribution >= 0.6 is 45.2 Å². The monoisotopic (exact) mass is 404 g/mol. The molecule has 0 unspecified atom stereocenters. The highest BCUT2D eigenvalue weighted by atomic mass is 127. The van der Waals surface area contributed by atoms with Crippen LogP contribution in [0.1, 0.15) is 17.3 Å². The average molecular weight is 404 g/mol. The predicted molar refractivity (Wildman–Crippen MR) is 65.2 cm³/mol. The zero-order valence-corrected chi connectivity index (χ0v) is 11.0. The van der Waals surface area contributed by atoms with E-state index in [-0.39, 0.29) is 22.8 Å². The summed E-state index contributed by atoms with van der Waals surface area (Å²) in [7, 11) is 0. The summed E-state index contributed by atoms with van der Waals surface area (Å²) in [6.45, 7) is 1.31. The Labute approximate surface area is 102 Å². The van der Waals surface area contributed by atoms with E-state index in [9.17, 15) is 15.0 Å². The molecule has 1 aromatic carbocycles. The molecule has 5 heteroatoms. The number of carbonyl (C=O) groups is 1. The highest BCUT2D eigenvalue weighted by Gasteiger charge is 2.17. The van der Waals surface area contributed by atoms with Crippen molar-refractivity contribution in [3.63, 3.8) is 0 Å². The van der Waals surface area contributed by atoms with Crippen molar-refractivity contribution < 1.29 is 15.0 Å². The van der Waals surface area contributed by atoms with Crippen molar-refractivity contribution >= 4 is 51.0 Å². The van der Waals surface area contributed by atoms with Crippen LogP contribution < -0.4 is 0 Å².